The Kier molecular flexibility index (Phi) is 5.61. The van der Waals surface area contributed by atoms with E-state index >= 15 is 0 Å². The fourth-order valence-corrected chi connectivity index (χ4v) is 2.02. The first-order valence-electron chi connectivity index (χ1n) is 7.28. The van der Waals surface area contributed by atoms with Crippen molar-refractivity contribution in [2.75, 3.05) is 18.5 Å². The monoisotopic (exact) mass is 341 g/mol. The Balaban J connectivity index is 1.81. The summed E-state index contributed by atoms with van der Waals surface area (Å²) in [5.41, 5.74) is 0.0621. The fraction of sp³-hybridized carbons (Fsp3) is 0.375. The molecule has 1 aromatic heterocycles. The van der Waals surface area contributed by atoms with E-state index in [0.29, 0.717) is 11.6 Å². The highest BCUT2D eigenvalue weighted by atomic mass is 19.4. The van der Waals surface area contributed by atoms with Crippen LogP contribution in [0.15, 0.2) is 30.3 Å². The largest absolute Gasteiger partial charge is 0.491 e. The van der Waals surface area contributed by atoms with Crippen molar-refractivity contribution in [2.24, 2.45) is 0 Å². The minimum absolute atomic E-state index is 0.0542. The molecule has 0 aliphatic rings. The molecule has 0 spiro atoms. The average Bonchev–Trinajstić information content (AvgIpc) is 2.49. The Labute approximate surface area is 137 Å². The first kappa shape index (κ1) is 18.0. The molecule has 1 heterocycles. The normalized spacial score (nSPS) is 12.8. The van der Waals surface area contributed by atoms with Gasteiger partial charge in [-0.3, -0.25) is 0 Å². The molecule has 0 aliphatic carbocycles. The minimum atomic E-state index is -4.38. The summed E-state index contributed by atoms with van der Waals surface area (Å²) in [6, 6.07) is 6.06. The van der Waals surface area contributed by atoms with E-state index < -0.39 is 17.8 Å². The van der Waals surface area contributed by atoms with Crippen LogP contribution in [-0.4, -0.2) is 34.3 Å². The van der Waals surface area contributed by atoms with E-state index in [1.165, 1.54) is 12.1 Å². The molecule has 1 atom stereocenters. The molecule has 130 valence electrons. The van der Waals surface area contributed by atoms with Gasteiger partial charge in [0.2, 0.25) is 0 Å². The molecule has 1 aromatic carbocycles. The SMILES string of the molecule is Cc1cc(NCC(O)COc2ccc(C(F)(F)F)cc2)nc(C)n1. The Bertz CT molecular complexity index is 655. The number of ether oxygens (including phenoxy) is 1. The van der Waals surface area contributed by atoms with E-state index in [9.17, 15) is 18.3 Å². The molecule has 2 rings (SSSR count). The predicted octanol–water partition coefficient (Wildman–Crippen LogP) is 2.96. The third-order valence-corrected chi connectivity index (χ3v) is 3.11. The van der Waals surface area contributed by atoms with Crippen LogP contribution in [0.5, 0.6) is 5.75 Å². The first-order valence-corrected chi connectivity index (χ1v) is 7.28. The van der Waals surface area contributed by atoms with E-state index in [-0.39, 0.29) is 18.9 Å². The second kappa shape index (κ2) is 7.48. The van der Waals surface area contributed by atoms with E-state index in [4.69, 9.17) is 4.74 Å². The van der Waals surface area contributed by atoms with Gasteiger partial charge in [-0.1, -0.05) is 0 Å². The number of aliphatic hydroxyl groups excluding tert-OH is 1. The van der Waals surface area contributed by atoms with Gasteiger partial charge >= 0.3 is 6.18 Å². The summed E-state index contributed by atoms with van der Waals surface area (Å²) in [4.78, 5) is 8.32. The van der Waals surface area contributed by atoms with Crippen LogP contribution in [0.3, 0.4) is 0 Å². The molecular formula is C16H18F3N3O2. The number of alkyl halides is 3. The van der Waals surface area contributed by atoms with Crippen LogP contribution < -0.4 is 10.1 Å². The number of aromatic nitrogens is 2. The van der Waals surface area contributed by atoms with Gasteiger partial charge in [0.1, 0.15) is 30.1 Å². The molecule has 1 unspecified atom stereocenters. The third-order valence-electron chi connectivity index (χ3n) is 3.11. The zero-order valence-corrected chi connectivity index (χ0v) is 13.3. The lowest BCUT2D eigenvalue weighted by Gasteiger charge is -2.14. The summed E-state index contributed by atoms with van der Waals surface area (Å²) in [5, 5.41) is 12.8. The first-order chi connectivity index (χ1) is 11.2. The van der Waals surface area contributed by atoms with Gasteiger partial charge in [-0.15, -0.1) is 0 Å². The maximum atomic E-state index is 12.5. The Morgan fingerprint density at radius 1 is 1.17 bits per heavy atom. The quantitative estimate of drug-likeness (QED) is 0.846. The molecule has 2 N–H and O–H groups in total. The molecule has 0 saturated heterocycles. The predicted molar refractivity (Wildman–Crippen MR) is 82.9 cm³/mol. The minimum Gasteiger partial charge on any atom is -0.491 e. The highest BCUT2D eigenvalue weighted by Gasteiger charge is 2.30. The summed E-state index contributed by atoms with van der Waals surface area (Å²) in [7, 11) is 0. The van der Waals surface area contributed by atoms with Crippen molar-refractivity contribution in [1.82, 2.24) is 9.97 Å². The Morgan fingerprint density at radius 3 is 2.42 bits per heavy atom. The number of hydrogen-bond donors (Lipinski definition) is 2. The molecule has 0 saturated carbocycles. The van der Waals surface area contributed by atoms with Crippen molar-refractivity contribution in [3.05, 3.63) is 47.4 Å². The summed E-state index contributed by atoms with van der Waals surface area (Å²) >= 11 is 0. The number of rotatable bonds is 6. The van der Waals surface area contributed by atoms with E-state index in [2.05, 4.69) is 15.3 Å². The van der Waals surface area contributed by atoms with Gasteiger partial charge < -0.3 is 15.2 Å². The van der Waals surface area contributed by atoms with Gasteiger partial charge in [-0.25, -0.2) is 9.97 Å². The number of aliphatic hydroxyl groups is 1. The standard InChI is InChI=1S/C16H18F3N3O2/c1-10-7-15(22-11(2)21-10)20-8-13(23)9-24-14-5-3-12(4-6-14)16(17,18)19/h3-7,13,23H,8-9H2,1-2H3,(H,20,21,22). The highest BCUT2D eigenvalue weighted by molar-refractivity contribution is 5.35. The molecule has 24 heavy (non-hydrogen) atoms. The molecule has 0 radical (unpaired) electrons. The maximum Gasteiger partial charge on any atom is 0.416 e. The summed E-state index contributed by atoms with van der Waals surface area (Å²) in [6.07, 6.45) is -5.22. The van der Waals surface area contributed by atoms with Crippen LogP contribution in [0.1, 0.15) is 17.1 Å². The number of halogens is 3. The lowest BCUT2D eigenvalue weighted by atomic mass is 10.2. The van der Waals surface area contributed by atoms with Crippen molar-refractivity contribution >= 4 is 5.82 Å². The molecule has 2 aromatic rings. The van der Waals surface area contributed by atoms with Crippen molar-refractivity contribution in [1.29, 1.82) is 0 Å². The summed E-state index contributed by atoms with van der Waals surface area (Å²) < 4.78 is 42.6. The van der Waals surface area contributed by atoms with Gasteiger partial charge in [-0.2, -0.15) is 13.2 Å². The molecule has 0 bridgehead atoms. The van der Waals surface area contributed by atoms with Crippen molar-refractivity contribution < 1.29 is 23.0 Å². The van der Waals surface area contributed by atoms with E-state index in [1.807, 2.05) is 6.92 Å². The lowest BCUT2D eigenvalue weighted by molar-refractivity contribution is -0.137. The second-order valence-corrected chi connectivity index (χ2v) is 5.31. The maximum absolute atomic E-state index is 12.5. The number of nitrogens with zero attached hydrogens (tertiary/aromatic N) is 2. The van der Waals surface area contributed by atoms with Crippen molar-refractivity contribution in [3.63, 3.8) is 0 Å². The van der Waals surface area contributed by atoms with E-state index in [0.717, 1.165) is 17.8 Å². The third kappa shape index (κ3) is 5.38. The molecule has 8 heteroatoms. The second-order valence-electron chi connectivity index (χ2n) is 5.31. The smallest absolute Gasteiger partial charge is 0.416 e. The number of aryl methyl sites for hydroxylation is 2. The number of benzene rings is 1. The van der Waals surface area contributed by atoms with Crippen LogP contribution >= 0.6 is 0 Å². The van der Waals surface area contributed by atoms with Gasteiger partial charge in [0.25, 0.3) is 0 Å². The van der Waals surface area contributed by atoms with Gasteiger partial charge in [0, 0.05) is 18.3 Å². The van der Waals surface area contributed by atoms with Gasteiger partial charge in [-0.05, 0) is 38.1 Å². The molecular weight excluding hydrogens is 323 g/mol. The van der Waals surface area contributed by atoms with Gasteiger partial charge in [0.15, 0.2) is 0 Å². The number of hydrogen-bond acceptors (Lipinski definition) is 5. The van der Waals surface area contributed by atoms with Crippen LogP contribution in [0.4, 0.5) is 19.0 Å². The van der Waals surface area contributed by atoms with Crippen molar-refractivity contribution in [2.45, 2.75) is 26.1 Å². The Morgan fingerprint density at radius 2 is 1.83 bits per heavy atom. The van der Waals surface area contributed by atoms with Crippen LogP contribution in [0.25, 0.3) is 0 Å². The lowest BCUT2D eigenvalue weighted by Crippen LogP contribution is -2.26. The highest BCUT2D eigenvalue weighted by Crippen LogP contribution is 2.30. The van der Waals surface area contributed by atoms with Crippen molar-refractivity contribution in [3.8, 4) is 5.75 Å². The number of nitrogens with one attached hydrogen (secondary N) is 1. The van der Waals surface area contributed by atoms with E-state index in [1.54, 1.807) is 13.0 Å². The molecule has 0 fully saturated rings. The Hall–Kier alpha value is -2.35. The van der Waals surface area contributed by atoms with Crippen LogP contribution in [-0.2, 0) is 6.18 Å². The summed E-state index contributed by atoms with van der Waals surface area (Å²) in [6.45, 7) is 3.74. The number of anilines is 1. The molecule has 0 amide bonds. The fourth-order valence-electron chi connectivity index (χ4n) is 2.02. The topological polar surface area (TPSA) is 67.3 Å². The zero-order valence-electron chi connectivity index (χ0n) is 13.3. The molecule has 5 nitrogen and oxygen atoms in total. The van der Waals surface area contributed by atoms with Gasteiger partial charge in [0.05, 0.1) is 5.56 Å². The zero-order chi connectivity index (χ0) is 17.7. The summed E-state index contributed by atoms with van der Waals surface area (Å²) in [5.74, 6) is 1.47. The van der Waals surface area contributed by atoms with Crippen LogP contribution in [0.2, 0.25) is 0 Å². The average molecular weight is 341 g/mol. The molecule has 0 aliphatic heterocycles. The van der Waals surface area contributed by atoms with Crippen LogP contribution in [0, 0.1) is 13.8 Å².